The van der Waals surface area contributed by atoms with Gasteiger partial charge in [0.25, 0.3) is 0 Å². The molecule has 4 atom stereocenters. The van der Waals surface area contributed by atoms with Gasteiger partial charge in [-0.3, -0.25) is 4.79 Å². The zero-order valence-corrected chi connectivity index (χ0v) is 15.6. The number of hydrogen-bond donors (Lipinski definition) is 0. The van der Waals surface area contributed by atoms with Gasteiger partial charge in [-0.15, -0.1) is 0 Å². The highest BCUT2D eigenvalue weighted by Crippen LogP contribution is 2.51. The summed E-state index contributed by atoms with van der Waals surface area (Å²) < 4.78 is 5.72. The minimum absolute atomic E-state index is 0.110. The Morgan fingerprint density at radius 3 is 2.62 bits per heavy atom. The number of Topliss-reactive ketones (excluding diaryl/α,β-unsaturated/α-hetero) is 1. The number of carbonyl (C=O) groups is 2. The predicted octanol–water partition coefficient (Wildman–Crippen LogP) is 4.64. The molecule has 2 saturated carbocycles. The quantitative estimate of drug-likeness (QED) is 0.428. The number of fused-ring (bicyclic) bond motifs is 1. The Hall–Kier alpha value is -1.64. The molecule has 0 aromatic rings. The molecule has 0 aromatic heterocycles. The molecule has 24 heavy (non-hydrogen) atoms. The van der Waals surface area contributed by atoms with E-state index in [0.717, 1.165) is 29.6 Å². The molecule has 2 fully saturated rings. The van der Waals surface area contributed by atoms with Crippen molar-refractivity contribution in [2.75, 3.05) is 0 Å². The lowest BCUT2D eigenvalue weighted by molar-refractivity contribution is -0.143. The number of carbonyl (C=O) groups excluding carboxylic acids is 2. The molecule has 132 valence electrons. The molecular weight excluding hydrogens is 300 g/mol. The van der Waals surface area contributed by atoms with E-state index in [-0.39, 0.29) is 29.7 Å². The van der Waals surface area contributed by atoms with Crippen molar-refractivity contribution in [1.29, 1.82) is 0 Å². The molecular formula is C21H30O3. The van der Waals surface area contributed by atoms with Gasteiger partial charge in [-0.25, -0.2) is 4.79 Å². The summed E-state index contributed by atoms with van der Waals surface area (Å²) in [5.74, 6) is 1.05. The molecule has 2 aliphatic rings. The number of esters is 1. The van der Waals surface area contributed by atoms with Crippen LogP contribution in [-0.4, -0.2) is 17.9 Å². The summed E-state index contributed by atoms with van der Waals surface area (Å²) in [7, 11) is 0. The molecule has 2 aliphatic carbocycles. The first-order valence-corrected chi connectivity index (χ1v) is 9.05. The Morgan fingerprint density at radius 2 is 2.08 bits per heavy atom. The van der Waals surface area contributed by atoms with E-state index in [9.17, 15) is 9.59 Å². The smallest absolute Gasteiger partial charge is 0.331 e. The standard InChI is InChI=1S/C21H30O3/c1-7-13(5)9-20(23)24-19-11-16(12(3)4)21-15(8-2)18(22)10-17(21)14(19)6/h8-9,12,16-17,19,21H,6-7,10-11H2,1-5H3/b13-9+,15-8-. The van der Waals surface area contributed by atoms with Gasteiger partial charge in [0.2, 0.25) is 0 Å². The first kappa shape index (κ1) is 18.7. The van der Waals surface area contributed by atoms with E-state index in [4.69, 9.17) is 4.74 Å². The van der Waals surface area contributed by atoms with Crippen LogP contribution in [0.4, 0.5) is 0 Å². The molecule has 0 radical (unpaired) electrons. The summed E-state index contributed by atoms with van der Waals surface area (Å²) in [6, 6.07) is 0. The third-order valence-corrected chi connectivity index (χ3v) is 5.70. The monoisotopic (exact) mass is 330 g/mol. The Labute approximate surface area is 145 Å². The minimum atomic E-state index is -0.294. The number of allylic oxidation sites excluding steroid dienone is 3. The summed E-state index contributed by atoms with van der Waals surface area (Å²) in [5.41, 5.74) is 2.87. The van der Waals surface area contributed by atoms with Crippen LogP contribution in [0, 0.1) is 23.7 Å². The van der Waals surface area contributed by atoms with Gasteiger partial charge in [0.15, 0.2) is 5.78 Å². The van der Waals surface area contributed by atoms with Crippen molar-refractivity contribution in [1.82, 2.24) is 0 Å². The van der Waals surface area contributed by atoms with Gasteiger partial charge in [-0.1, -0.05) is 39.0 Å². The summed E-state index contributed by atoms with van der Waals surface area (Å²) in [6.45, 7) is 14.5. The van der Waals surface area contributed by atoms with Crippen molar-refractivity contribution in [2.24, 2.45) is 23.7 Å². The fourth-order valence-electron chi connectivity index (χ4n) is 4.16. The van der Waals surface area contributed by atoms with Crippen LogP contribution in [-0.2, 0) is 14.3 Å². The Balaban J connectivity index is 2.24. The maximum absolute atomic E-state index is 12.4. The molecule has 0 heterocycles. The van der Waals surface area contributed by atoms with Crippen molar-refractivity contribution in [3.63, 3.8) is 0 Å². The van der Waals surface area contributed by atoms with Crippen LogP contribution in [0.3, 0.4) is 0 Å². The maximum Gasteiger partial charge on any atom is 0.331 e. The average Bonchev–Trinajstić information content (AvgIpc) is 2.86. The summed E-state index contributed by atoms with van der Waals surface area (Å²) >= 11 is 0. The SMILES string of the molecule is C=C1C(OC(=O)/C=C(\C)CC)CC(C(C)C)C2/C(=C\C)C(=O)CC12. The fraction of sp³-hybridized carbons (Fsp3) is 0.619. The summed E-state index contributed by atoms with van der Waals surface area (Å²) in [6.07, 6.45) is 5.35. The molecule has 0 N–H and O–H groups in total. The maximum atomic E-state index is 12.4. The Morgan fingerprint density at radius 1 is 1.42 bits per heavy atom. The van der Waals surface area contributed by atoms with Crippen LogP contribution in [0.15, 0.2) is 35.5 Å². The highest BCUT2D eigenvalue weighted by Gasteiger charge is 2.50. The lowest BCUT2D eigenvalue weighted by Crippen LogP contribution is -2.39. The van der Waals surface area contributed by atoms with Gasteiger partial charge in [0.1, 0.15) is 6.10 Å². The van der Waals surface area contributed by atoms with Crippen molar-refractivity contribution in [3.05, 3.63) is 35.5 Å². The lowest BCUT2D eigenvalue weighted by Gasteiger charge is -2.41. The molecule has 0 saturated heterocycles. The van der Waals surface area contributed by atoms with Gasteiger partial charge in [0, 0.05) is 12.5 Å². The second-order valence-electron chi connectivity index (χ2n) is 7.49. The molecule has 0 aromatic carbocycles. The van der Waals surface area contributed by atoms with Crippen LogP contribution in [0.5, 0.6) is 0 Å². The number of ether oxygens (including phenoxy) is 1. The van der Waals surface area contributed by atoms with E-state index in [1.54, 1.807) is 6.08 Å². The molecule has 0 spiro atoms. The van der Waals surface area contributed by atoms with Crippen LogP contribution >= 0.6 is 0 Å². The first-order chi connectivity index (χ1) is 11.3. The minimum Gasteiger partial charge on any atom is -0.455 e. The highest BCUT2D eigenvalue weighted by atomic mass is 16.5. The van der Waals surface area contributed by atoms with E-state index in [1.165, 1.54) is 0 Å². The third-order valence-electron chi connectivity index (χ3n) is 5.70. The van der Waals surface area contributed by atoms with E-state index in [2.05, 4.69) is 20.4 Å². The number of hydrogen-bond acceptors (Lipinski definition) is 3. The van der Waals surface area contributed by atoms with Crippen molar-refractivity contribution < 1.29 is 14.3 Å². The van der Waals surface area contributed by atoms with E-state index >= 15 is 0 Å². The molecule has 2 rings (SSSR count). The van der Waals surface area contributed by atoms with Crippen LogP contribution in [0.1, 0.15) is 53.9 Å². The normalized spacial score (nSPS) is 32.4. The largest absolute Gasteiger partial charge is 0.455 e. The van der Waals surface area contributed by atoms with Gasteiger partial charge in [0.05, 0.1) is 0 Å². The van der Waals surface area contributed by atoms with Crippen LogP contribution in [0.25, 0.3) is 0 Å². The molecule has 3 heteroatoms. The molecule has 3 nitrogen and oxygen atoms in total. The van der Waals surface area contributed by atoms with E-state index < -0.39 is 0 Å². The molecule has 0 bridgehead atoms. The van der Waals surface area contributed by atoms with Crippen LogP contribution < -0.4 is 0 Å². The zero-order chi connectivity index (χ0) is 18.0. The van der Waals surface area contributed by atoms with Crippen molar-refractivity contribution >= 4 is 11.8 Å². The molecule has 0 aliphatic heterocycles. The Bertz CT molecular complexity index is 594. The van der Waals surface area contributed by atoms with Gasteiger partial charge < -0.3 is 4.74 Å². The Kier molecular flexibility index (Phi) is 5.84. The highest BCUT2D eigenvalue weighted by molar-refractivity contribution is 5.99. The van der Waals surface area contributed by atoms with Crippen molar-refractivity contribution in [3.8, 4) is 0 Å². The van der Waals surface area contributed by atoms with Crippen LogP contribution in [0.2, 0.25) is 0 Å². The topological polar surface area (TPSA) is 43.4 Å². The lowest BCUT2D eigenvalue weighted by atomic mass is 9.65. The number of ketones is 1. The second kappa shape index (κ2) is 7.50. The van der Waals surface area contributed by atoms with Gasteiger partial charge >= 0.3 is 5.97 Å². The van der Waals surface area contributed by atoms with Gasteiger partial charge in [-0.05, 0) is 61.5 Å². The summed E-state index contributed by atoms with van der Waals surface area (Å²) in [4.78, 5) is 24.5. The fourth-order valence-corrected chi connectivity index (χ4v) is 4.16. The third kappa shape index (κ3) is 3.55. The second-order valence-corrected chi connectivity index (χ2v) is 7.49. The summed E-state index contributed by atoms with van der Waals surface area (Å²) in [5, 5.41) is 0. The predicted molar refractivity (Wildman–Crippen MR) is 96.4 cm³/mol. The zero-order valence-electron chi connectivity index (χ0n) is 15.6. The van der Waals surface area contributed by atoms with E-state index in [0.29, 0.717) is 18.3 Å². The van der Waals surface area contributed by atoms with Gasteiger partial charge in [-0.2, -0.15) is 0 Å². The average molecular weight is 330 g/mol. The van der Waals surface area contributed by atoms with E-state index in [1.807, 2.05) is 26.8 Å². The molecule has 0 amide bonds. The van der Waals surface area contributed by atoms with Crippen molar-refractivity contribution in [2.45, 2.75) is 60.0 Å². The number of rotatable bonds is 4. The molecule has 4 unspecified atom stereocenters. The first-order valence-electron chi connectivity index (χ1n) is 9.05.